The van der Waals surface area contributed by atoms with Crippen LogP contribution in [0.15, 0.2) is 12.3 Å². The van der Waals surface area contributed by atoms with E-state index in [0.29, 0.717) is 24.3 Å². The number of carbonyl (C=O) groups excluding carboxylic acids is 1. The highest BCUT2D eigenvalue weighted by Gasteiger charge is 2.18. The minimum atomic E-state index is -0.195. The van der Waals surface area contributed by atoms with E-state index in [1.807, 2.05) is 20.0 Å². The van der Waals surface area contributed by atoms with Crippen LogP contribution in [0.5, 0.6) is 0 Å². The van der Waals surface area contributed by atoms with Crippen molar-refractivity contribution in [2.24, 2.45) is 14.1 Å². The predicted molar refractivity (Wildman–Crippen MR) is 76.2 cm³/mol. The fourth-order valence-electron chi connectivity index (χ4n) is 2.16. The Morgan fingerprint density at radius 1 is 1.40 bits per heavy atom. The Morgan fingerprint density at radius 3 is 2.70 bits per heavy atom. The molecule has 7 nitrogen and oxygen atoms in total. The Labute approximate surface area is 117 Å². The summed E-state index contributed by atoms with van der Waals surface area (Å²) in [6, 6.07) is 1.93. The van der Waals surface area contributed by atoms with Crippen molar-refractivity contribution in [3.05, 3.63) is 29.3 Å². The largest absolute Gasteiger partial charge is 0.395 e. The van der Waals surface area contributed by atoms with Gasteiger partial charge >= 0.3 is 0 Å². The van der Waals surface area contributed by atoms with Crippen LogP contribution in [0.4, 0.5) is 5.69 Å². The fourth-order valence-corrected chi connectivity index (χ4v) is 2.16. The zero-order valence-corrected chi connectivity index (χ0v) is 12.1. The molecule has 7 heteroatoms. The first-order chi connectivity index (χ1) is 9.54. The Hall–Kier alpha value is -2.31. The van der Waals surface area contributed by atoms with Crippen molar-refractivity contribution in [1.82, 2.24) is 24.9 Å². The van der Waals surface area contributed by atoms with Gasteiger partial charge in [-0.1, -0.05) is 6.92 Å². The molecular weight excluding hydrogens is 256 g/mol. The quantitative estimate of drug-likeness (QED) is 0.820. The van der Waals surface area contributed by atoms with Gasteiger partial charge in [-0.15, -0.1) is 0 Å². The molecule has 0 aliphatic heterocycles. The summed E-state index contributed by atoms with van der Waals surface area (Å²) in [5.74, 6) is -0.195. The van der Waals surface area contributed by atoms with E-state index >= 15 is 0 Å². The number of nitrogens with one attached hydrogen (secondary N) is 1. The van der Waals surface area contributed by atoms with Crippen LogP contribution in [-0.4, -0.2) is 32.0 Å². The summed E-state index contributed by atoms with van der Waals surface area (Å²) in [5, 5.41) is 11.2. The van der Waals surface area contributed by atoms with Crippen LogP contribution in [0.1, 0.15) is 28.8 Å². The molecule has 0 aliphatic carbocycles. The molecule has 2 aromatic rings. The van der Waals surface area contributed by atoms with Crippen molar-refractivity contribution >= 4 is 11.6 Å². The number of nitrogen functional groups attached to an aromatic ring is 1. The zero-order chi connectivity index (χ0) is 14.7. The molecule has 3 N–H and O–H groups in total. The van der Waals surface area contributed by atoms with Gasteiger partial charge in [0, 0.05) is 39.0 Å². The number of anilines is 1. The number of carbonyl (C=O) groups is 1. The van der Waals surface area contributed by atoms with E-state index in [0.717, 1.165) is 17.8 Å². The molecule has 0 radical (unpaired) electrons. The second-order valence-electron chi connectivity index (χ2n) is 4.64. The standard InChI is InChI=1S/C13H20N6O/c1-4-10-11(14)12(19(3)17-10)13(20)15-7-5-9-6-8-16-18(9)2/h6,8H,4-5,7,14H2,1-3H3,(H,15,20). The number of hydrogen-bond donors (Lipinski definition) is 2. The van der Waals surface area contributed by atoms with Crippen molar-refractivity contribution < 1.29 is 4.79 Å². The summed E-state index contributed by atoms with van der Waals surface area (Å²) in [4.78, 5) is 12.2. The Morgan fingerprint density at radius 2 is 2.15 bits per heavy atom. The fraction of sp³-hybridized carbons (Fsp3) is 0.462. The lowest BCUT2D eigenvalue weighted by molar-refractivity contribution is 0.0945. The minimum absolute atomic E-state index is 0.195. The number of amides is 1. The number of nitrogens with two attached hydrogens (primary N) is 1. The van der Waals surface area contributed by atoms with E-state index in [1.54, 1.807) is 17.9 Å². The highest BCUT2D eigenvalue weighted by atomic mass is 16.2. The summed E-state index contributed by atoms with van der Waals surface area (Å²) in [6.07, 6.45) is 3.17. The molecule has 0 bridgehead atoms. The molecule has 0 fully saturated rings. The molecule has 0 saturated carbocycles. The minimum Gasteiger partial charge on any atom is -0.395 e. The van der Waals surface area contributed by atoms with Crippen LogP contribution in [0, 0.1) is 0 Å². The molecule has 2 aromatic heterocycles. The van der Waals surface area contributed by atoms with E-state index in [2.05, 4.69) is 15.5 Å². The van der Waals surface area contributed by atoms with Crippen molar-refractivity contribution in [1.29, 1.82) is 0 Å². The number of hydrogen-bond acceptors (Lipinski definition) is 4. The van der Waals surface area contributed by atoms with Crippen molar-refractivity contribution in [2.75, 3.05) is 12.3 Å². The summed E-state index contributed by atoms with van der Waals surface area (Å²) in [7, 11) is 3.61. The van der Waals surface area contributed by atoms with E-state index in [1.165, 1.54) is 4.68 Å². The smallest absolute Gasteiger partial charge is 0.271 e. The van der Waals surface area contributed by atoms with E-state index in [4.69, 9.17) is 5.73 Å². The van der Waals surface area contributed by atoms with Crippen molar-refractivity contribution in [3.63, 3.8) is 0 Å². The number of nitrogens with zero attached hydrogens (tertiary/aromatic N) is 4. The molecule has 1 amide bonds. The molecular formula is C13H20N6O. The maximum atomic E-state index is 12.2. The molecule has 2 heterocycles. The van der Waals surface area contributed by atoms with Crippen molar-refractivity contribution in [2.45, 2.75) is 19.8 Å². The normalized spacial score (nSPS) is 10.8. The Balaban J connectivity index is 1.99. The van der Waals surface area contributed by atoms with Gasteiger partial charge in [-0.25, -0.2) is 0 Å². The van der Waals surface area contributed by atoms with Crippen LogP contribution in [0.2, 0.25) is 0 Å². The van der Waals surface area contributed by atoms with Gasteiger partial charge in [0.1, 0.15) is 5.69 Å². The maximum Gasteiger partial charge on any atom is 0.271 e. The van der Waals surface area contributed by atoms with Gasteiger partial charge in [-0.2, -0.15) is 10.2 Å². The van der Waals surface area contributed by atoms with Crippen LogP contribution in [0.25, 0.3) is 0 Å². The lowest BCUT2D eigenvalue weighted by atomic mass is 10.2. The van der Waals surface area contributed by atoms with E-state index < -0.39 is 0 Å². The molecule has 0 aromatic carbocycles. The topological polar surface area (TPSA) is 90.8 Å². The SMILES string of the molecule is CCc1nn(C)c(C(=O)NCCc2ccnn2C)c1N. The van der Waals surface area contributed by atoms with Gasteiger partial charge in [-0.05, 0) is 12.5 Å². The van der Waals surface area contributed by atoms with Crippen LogP contribution in [-0.2, 0) is 26.9 Å². The van der Waals surface area contributed by atoms with Gasteiger partial charge in [0.15, 0.2) is 0 Å². The lowest BCUT2D eigenvalue weighted by Crippen LogP contribution is -2.28. The Kier molecular flexibility index (Phi) is 4.07. The van der Waals surface area contributed by atoms with Crippen molar-refractivity contribution in [3.8, 4) is 0 Å². The third kappa shape index (κ3) is 2.66. The Bertz CT molecular complexity index is 612. The maximum absolute atomic E-state index is 12.2. The molecule has 0 atom stereocenters. The number of aryl methyl sites for hydroxylation is 3. The van der Waals surface area contributed by atoms with E-state index in [9.17, 15) is 4.79 Å². The molecule has 0 aliphatic rings. The second-order valence-corrected chi connectivity index (χ2v) is 4.64. The summed E-state index contributed by atoms with van der Waals surface area (Å²) in [6.45, 7) is 2.49. The monoisotopic (exact) mass is 276 g/mol. The molecule has 20 heavy (non-hydrogen) atoms. The third-order valence-corrected chi connectivity index (χ3v) is 3.30. The highest BCUT2D eigenvalue weighted by molar-refractivity contribution is 5.97. The zero-order valence-electron chi connectivity index (χ0n) is 12.1. The average Bonchev–Trinajstić information content (AvgIpc) is 2.93. The first kappa shape index (κ1) is 14.1. The van der Waals surface area contributed by atoms with Crippen LogP contribution >= 0.6 is 0 Å². The van der Waals surface area contributed by atoms with Crippen LogP contribution < -0.4 is 11.1 Å². The molecule has 0 spiro atoms. The summed E-state index contributed by atoms with van der Waals surface area (Å²) < 4.78 is 3.33. The molecule has 108 valence electrons. The summed E-state index contributed by atoms with van der Waals surface area (Å²) >= 11 is 0. The second kappa shape index (κ2) is 5.77. The van der Waals surface area contributed by atoms with Gasteiger partial charge in [-0.3, -0.25) is 14.2 Å². The lowest BCUT2D eigenvalue weighted by Gasteiger charge is -2.06. The first-order valence-electron chi connectivity index (χ1n) is 6.61. The van der Waals surface area contributed by atoms with Gasteiger partial charge in [0.25, 0.3) is 5.91 Å². The van der Waals surface area contributed by atoms with Gasteiger partial charge < -0.3 is 11.1 Å². The van der Waals surface area contributed by atoms with Crippen LogP contribution in [0.3, 0.4) is 0 Å². The number of aromatic nitrogens is 4. The molecule has 0 saturated heterocycles. The summed E-state index contributed by atoms with van der Waals surface area (Å²) in [5.41, 5.74) is 8.66. The molecule has 0 unspecified atom stereocenters. The first-order valence-corrected chi connectivity index (χ1v) is 6.61. The third-order valence-electron chi connectivity index (χ3n) is 3.30. The van der Waals surface area contributed by atoms with Gasteiger partial charge in [0.2, 0.25) is 0 Å². The van der Waals surface area contributed by atoms with E-state index in [-0.39, 0.29) is 5.91 Å². The molecule has 2 rings (SSSR count). The predicted octanol–water partition coefficient (Wildman–Crippen LogP) is 0.271. The van der Waals surface area contributed by atoms with Gasteiger partial charge in [0.05, 0.1) is 11.4 Å². The highest BCUT2D eigenvalue weighted by Crippen LogP contribution is 2.16. The number of rotatable bonds is 5. The average molecular weight is 276 g/mol.